The highest BCUT2D eigenvalue weighted by atomic mass is 35.5. The lowest BCUT2D eigenvalue weighted by atomic mass is 10.1. The summed E-state index contributed by atoms with van der Waals surface area (Å²) in [6, 6.07) is 10.7. The first kappa shape index (κ1) is 15.5. The van der Waals surface area contributed by atoms with Gasteiger partial charge in [0.2, 0.25) is 0 Å². The predicted octanol–water partition coefficient (Wildman–Crippen LogP) is 3.72. The van der Waals surface area contributed by atoms with Gasteiger partial charge >= 0.3 is 0 Å². The Morgan fingerprint density at radius 2 is 2.00 bits per heavy atom. The number of hydrogen-bond donors (Lipinski definition) is 3. The molecule has 0 fully saturated rings. The average molecular weight is 308 g/mol. The van der Waals surface area contributed by atoms with Crippen LogP contribution in [0.4, 0.5) is 5.69 Å². The highest BCUT2D eigenvalue weighted by Gasteiger charge is 2.11. The van der Waals surface area contributed by atoms with Crippen molar-refractivity contribution in [3.8, 4) is 11.5 Å². The molecule has 0 bridgehead atoms. The summed E-state index contributed by atoms with van der Waals surface area (Å²) in [4.78, 5) is 0. The maximum atomic E-state index is 10.1. The fourth-order valence-corrected chi connectivity index (χ4v) is 2.36. The highest BCUT2D eigenvalue weighted by Crippen LogP contribution is 2.34. The molecule has 0 amide bonds. The van der Waals surface area contributed by atoms with E-state index in [0.29, 0.717) is 22.9 Å². The average Bonchev–Trinajstić information content (AvgIpc) is 2.47. The number of para-hydroxylation sites is 1. The van der Waals surface area contributed by atoms with E-state index in [4.69, 9.17) is 16.3 Å². The third kappa shape index (κ3) is 3.60. The van der Waals surface area contributed by atoms with Crippen molar-refractivity contribution in [2.45, 2.75) is 19.6 Å². The van der Waals surface area contributed by atoms with Gasteiger partial charge in [-0.15, -0.1) is 0 Å². The van der Waals surface area contributed by atoms with Crippen LogP contribution in [0.1, 0.15) is 24.2 Å². The number of rotatable bonds is 5. The van der Waals surface area contributed by atoms with E-state index in [1.165, 1.54) is 7.11 Å². The van der Waals surface area contributed by atoms with E-state index in [1.54, 1.807) is 19.1 Å². The van der Waals surface area contributed by atoms with Crippen LogP contribution in [0.15, 0.2) is 36.4 Å². The molecule has 1 unspecified atom stereocenters. The Hall–Kier alpha value is -1.91. The summed E-state index contributed by atoms with van der Waals surface area (Å²) >= 11 is 6.01. The van der Waals surface area contributed by atoms with Crippen LogP contribution in [0, 0.1) is 0 Å². The van der Waals surface area contributed by atoms with Crippen molar-refractivity contribution in [2.75, 3.05) is 12.4 Å². The Bertz CT molecular complexity index is 629. The predicted molar refractivity (Wildman–Crippen MR) is 84.1 cm³/mol. The van der Waals surface area contributed by atoms with Gasteiger partial charge in [-0.3, -0.25) is 0 Å². The smallest absolute Gasteiger partial charge is 0.162 e. The summed E-state index contributed by atoms with van der Waals surface area (Å²) in [6.07, 6.45) is -0.573. The molecule has 0 saturated carbocycles. The highest BCUT2D eigenvalue weighted by molar-refractivity contribution is 6.30. The Morgan fingerprint density at radius 1 is 1.29 bits per heavy atom. The van der Waals surface area contributed by atoms with Gasteiger partial charge in [-0.05, 0) is 19.1 Å². The van der Waals surface area contributed by atoms with Crippen molar-refractivity contribution >= 4 is 17.3 Å². The van der Waals surface area contributed by atoms with Crippen molar-refractivity contribution in [2.24, 2.45) is 0 Å². The first-order chi connectivity index (χ1) is 10.0. The second kappa shape index (κ2) is 6.70. The first-order valence-corrected chi connectivity index (χ1v) is 6.97. The van der Waals surface area contributed by atoms with Gasteiger partial charge in [0, 0.05) is 34.4 Å². The summed E-state index contributed by atoms with van der Waals surface area (Å²) in [5.41, 5.74) is 2.23. The summed E-state index contributed by atoms with van der Waals surface area (Å²) in [6.45, 7) is 2.08. The van der Waals surface area contributed by atoms with Crippen LogP contribution < -0.4 is 10.1 Å². The monoisotopic (exact) mass is 307 g/mol. The molecule has 0 heterocycles. The molecular formula is C16H18ClNO3. The van der Waals surface area contributed by atoms with Crippen LogP contribution in [0.2, 0.25) is 5.02 Å². The molecule has 0 aliphatic heterocycles. The van der Waals surface area contributed by atoms with Gasteiger partial charge in [-0.25, -0.2) is 0 Å². The number of ether oxygens (including phenoxy) is 1. The van der Waals surface area contributed by atoms with Gasteiger partial charge in [0.25, 0.3) is 0 Å². The second-order valence-corrected chi connectivity index (χ2v) is 5.17. The fourth-order valence-electron chi connectivity index (χ4n) is 2.13. The molecule has 2 aromatic rings. The number of methoxy groups -OCH3 is 1. The molecule has 0 saturated heterocycles. The van der Waals surface area contributed by atoms with Gasteiger partial charge in [0.05, 0.1) is 13.2 Å². The van der Waals surface area contributed by atoms with Crippen LogP contribution in [0.25, 0.3) is 0 Å². The molecule has 112 valence electrons. The van der Waals surface area contributed by atoms with Crippen LogP contribution in [0.3, 0.4) is 0 Å². The number of benzene rings is 2. The third-order valence-corrected chi connectivity index (χ3v) is 3.44. The van der Waals surface area contributed by atoms with Gasteiger partial charge in [0.15, 0.2) is 11.5 Å². The topological polar surface area (TPSA) is 61.7 Å². The minimum Gasteiger partial charge on any atom is -0.504 e. The lowest BCUT2D eigenvalue weighted by Crippen LogP contribution is -2.04. The number of phenols is 1. The van der Waals surface area contributed by atoms with E-state index in [0.717, 1.165) is 11.3 Å². The molecule has 1 atom stereocenters. The Kier molecular flexibility index (Phi) is 4.94. The van der Waals surface area contributed by atoms with Gasteiger partial charge in [-0.1, -0.05) is 29.8 Å². The molecular weight excluding hydrogens is 290 g/mol. The van der Waals surface area contributed by atoms with E-state index in [1.807, 2.05) is 24.3 Å². The molecule has 2 rings (SSSR count). The number of aliphatic hydroxyl groups is 1. The van der Waals surface area contributed by atoms with Crippen LogP contribution in [-0.2, 0) is 6.54 Å². The third-order valence-electron chi connectivity index (χ3n) is 3.22. The molecule has 0 aliphatic rings. The summed E-state index contributed by atoms with van der Waals surface area (Å²) in [7, 11) is 1.48. The lowest BCUT2D eigenvalue weighted by Gasteiger charge is -2.15. The molecule has 0 radical (unpaired) electrons. The second-order valence-electron chi connectivity index (χ2n) is 4.73. The van der Waals surface area contributed by atoms with E-state index >= 15 is 0 Å². The standard InChI is InChI=1S/C16H18ClNO3/c1-10(19)13-5-3-4-6-14(13)18-9-11-7-12(17)8-15(21-2)16(11)20/h3-8,10,18-20H,9H2,1-2H3. The normalized spacial score (nSPS) is 12.0. The molecule has 4 nitrogen and oxygen atoms in total. The number of nitrogens with one attached hydrogen (secondary N) is 1. The number of aliphatic hydroxyl groups excluding tert-OH is 1. The zero-order valence-electron chi connectivity index (χ0n) is 11.9. The van der Waals surface area contributed by atoms with Crippen molar-refractivity contribution in [3.05, 3.63) is 52.5 Å². The zero-order valence-corrected chi connectivity index (χ0v) is 12.7. The number of aromatic hydroxyl groups is 1. The minimum absolute atomic E-state index is 0.0592. The molecule has 21 heavy (non-hydrogen) atoms. The van der Waals surface area contributed by atoms with Gasteiger partial charge < -0.3 is 20.3 Å². The largest absolute Gasteiger partial charge is 0.504 e. The Labute approximate surface area is 129 Å². The maximum absolute atomic E-state index is 10.1. The van der Waals surface area contributed by atoms with Crippen LogP contribution >= 0.6 is 11.6 Å². The zero-order chi connectivity index (χ0) is 15.4. The first-order valence-electron chi connectivity index (χ1n) is 6.59. The van der Waals surface area contributed by atoms with Crippen molar-refractivity contribution in [1.29, 1.82) is 0 Å². The number of anilines is 1. The van der Waals surface area contributed by atoms with Crippen LogP contribution in [0.5, 0.6) is 11.5 Å². The summed E-state index contributed by atoms with van der Waals surface area (Å²) in [5, 5.41) is 23.5. The number of hydrogen-bond acceptors (Lipinski definition) is 4. The fraction of sp³-hybridized carbons (Fsp3) is 0.250. The van der Waals surface area contributed by atoms with E-state index in [2.05, 4.69) is 5.32 Å². The van der Waals surface area contributed by atoms with E-state index in [-0.39, 0.29) is 5.75 Å². The quantitative estimate of drug-likeness (QED) is 0.788. The van der Waals surface area contributed by atoms with E-state index < -0.39 is 6.10 Å². The van der Waals surface area contributed by atoms with Gasteiger partial charge in [-0.2, -0.15) is 0 Å². The SMILES string of the molecule is COc1cc(Cl)cc(CNc2ccccc2C(C)O)c1O. The summed E-state index contributed by atoms with van der Waals surface area (Å²) in [5.74, 6) is 0.395. The molecule has 3 N–H and O–H groups in total. The summed E-state index contributed by atoms with van der Waals surface area (Å²) < 4.78 is 5.08. The van der Waals surface area contributed by atoms with Crippen LogP contribution in [-0.4, -0.2) is 17.3 Å². The van der Waals surface area contributed by atoms with Gasteiger partial charge in [0.1, 0.15) is 0 Å². The van der Waals surface area contributed by atoms with E-state index in [9.17, 15) is 10.2 Å². The van der Waals surface area contributed by atoms with Crippen molar-refractivity contribution in [3.63, 3.8) is 0 Å². The Morgan fingerprint density at radius 3 is 2.67 bits per heavy atom. The number of halogens is 1. The van der Waals surface area contributed by atoms with Crippen molar-refractivity contribution in [1.82, 2.24) is 0 Å². The molecule has 5 heteroatoms. The molecule has 0 aromatic heterocycles. The Balaban J connectivity index is 2.23. The molecule has 0 spiro atoms. The maximum Gasteiger partial charge on any atom is 0.162 e. The van der Waals surface area contributed by atoms with Crippen molar-refractivity contribution < 1.29 is 14.9 Å². The minimum atomic E-state index is -0.573. The molecule has 2 aromatic carbocycles. The molecule has 0 aliphatic carbocycles. The number of phenolic OH excluding ortho intramolecular Hbond substituents is 1. The lowest BCUT2D eigenvalue weighted by molar-refractivity contribution is 0.200.